The zero-order valence-electron chi connectivity index (χ0n) is 27.4. The molecule has 4 aromatic carbocycles. The van der Waals surface area contributed by atoms with E-state index in [0.717, 1.165) is 15.4 Å². The quantitative estimate of drug-likeness (QED) is 0.168. The van der Waals surface area contributed by atoms with Crippen LogP contribution < -0.4 is 14.4 Å². The number of nitrogens with zero attached hydrogens (tertiary/aromatic N) is 2. The van der Waals surface area contributed by atoms with Crippen molar-refractivity contribution in [3.05, 3.63) is 125 Å². The summed E-state index contributed by atoms with van der Waals surface area (Å²) < 4.78 is 35.1. The summed E-state index contributed by atoms with van der Waals surface area (Å²) in [5.74, 6) is -0.368. The van der Waals surface area contributed by atoms with Crippen LogP contribution in [0.3, 0.4) is 0 Å². The van der Waals surface area contributed by atoms with E-state index in [2.05, 4.69) is 5.32 Å². The minimum Gasteiger partial charge on any atom is -0.494 e. The molecule has 1 atom stereocenters. The van der Waals surface area contributed by atoms with Crippen LogP contribution in [0.4, 0.5) is 5.69 Å². The number of halogens is 1. The van der Waals surface area contributed by atoms with Crippen LogP contribution in [0.1, 0.15) is 44.4 Å². The number of carbonyl (C=O) groups excluding carboxylic acids is 2. The molecule has 8 nitrogen and oxygen atoms in total. The fourth-order valence-corrected chi connectivity index (χ4v) is 6.67. The lowest BCUT2D eigenvalue weighted by Crippen LogP contribution is -2.56. The van der Waals surface area contributed by atoms with E-state index in [0.29, 0.717) is 22.9 Å². The van der Waals surface area contributed by atoms with Crippen LogP contribution in [-0.4, -0.2) is 49.9 Å². The number of rotatable bonds is 13. The molecule has 0 bridgehead atoms. The van der Waals surface area contributed by atoms with Crippen LogP contribution in [0.5, 0.6) is 5.75 Å². The number of amides is 2. The Labute approximate surface area is 283 Å². The molecule has 248 valence electrons. The summed E-state index contributed by atoms with van der Waals surface area (Å²) in [7, 11) is -4.22. The van der Waals surface area contributed by atoms with E-state index in [4.69, 9.17) is 16.3 Å². The van der Waals surface area contributed by atoms with E-state index in [1.54, 1.807) is 60.7 Å². The molecule has 0 heterocycles. The molecule has 0 spiro atoms. The van der Waals surface area contributed by atoms with Gasteiger partial charge in [-0.15, -0.1) is 0 Å². The standard InChI is InChI=1S/C37H42ClN3O5S/c1-6-46-31-20-18-30(19-21-31)41(47(44,45)32-22-16-27(2)17-23-32)26-35(42)40(25-29-14-10-11-15-33(29)38)34(36(43)39-37(3,4)5)24-28-12-8-7-9-13-28/h7-23,34H,6,24-26H2,1-5H3,(H,39,43)/t34-/m1/s1. The predicted molar refractivity (Wildman–Crippen MR) is 187 cm³/mol. The van der Waals surface area contributed by atoms with Crippen molar-refractivity contribution in [3.8, 4) is 5.75 Å². The molecule has 0 unspecified atom stereocenters. The molecule has 4 aromatic rings. The number of ether oxygens (including phenoxy) is 1. The number of hydrogen-bond donors (Lipinski definition) is 1. The van der Waals surface area contributed by atoms with Gasteiger partial charge >= 0.3 is 0 Å². The number of benzene rings is 4. The van der Waals surface area contributed by atoms with Crippen molar-refractivity contribution in [2.24, 2.45) is 0 Å². The van der Waals surface area contributed by atoms with Gasteiger partial charge in [-0.2, -0.15) is 0 Å². The summed E-state index contributed by atoms with van der Waals surface area (Å²) in [6.07, 6.45) is 0.201. The smallest absolute Gasteiger partial charge is 0.264 e. The van der Waals surface area contributed by atoms with Crippen molar-refractivity contribution < 1.29 is 22.7 Å². The lowest BCUT2D eigenvalue weighted by molar-refractivity contribution is -0.140. The van der Waals surface area contributed by atoms with Gasteiger partial charge < -0.3 is 15.0 Å². The number of anilines is 1. The molecule has 0 radical (unpaired) electrons. The number of hydrogen-bond acceptors (Lipinski definition) is 5. The fourth-order valence-electron chi connectivity index (χ4n) is 5.06. The van der Waals surface area contributed by atoms with Gasteiger partial charge in [-0.1, -0.05) is 77.8 Å². The first kappa shape index (κ1) is 35.5. The van der Waals surface area contributed by atoms with E-state index in [-0.39, 0.29) is 29.5 Å². The van der Waals surface area contributed by atoms with Crippen molar-refractivity contribution in [1.29, 1.82) is 0 Å². The normalized spacial score (nSPS) is 12.2. The Bertz CT molecular complexity index is 1760. The molecule has 47 heavy (non-hydrogen) atoms. The highest BCUT2D eigenvalue weighted by molar-refractivity contribution is 7.92. The van der Waals surface area contributed by atoms with Gasteiger partial charge in [0.05, 0.1) is 17.2 Å². The molecule has 4 rings (SSSR count). The van der Waals surface area contributed by atoms with Crippen LogP contribution in [0.15, 0.2) is 108 Å². The molecule has 0 aliphatic heterocycles. The molecule has 0 saturated carbocycles. The Hall–Kier alpha value is -4.34. The maximum atomic E-state index is 14.6. The largest absolute Gasteiger partial charge is 0.494 e. The molecular formula is C37H42ClN3O5S. The maximum Gasteiger partial charge on any atom is 0.264 e. The molecule has 1 N–H and O–H groups in total. The van der Waals surface area contributed by atoms with E-state index in [1.165, 1.54) is 17.0 Å². The van der Waals surface area contributed by atoms with Gasteiger partial charge in [0.1, 0.15) is 18.3 Å². The summed E-state index contributed by atoms with van der Waals surface area (Å²) >= 11 is 6.57. The van der Waals surface area contributed by atoms with Crippen LogP contribution in [0, 0.1) is 6.92 Å². The number of aryl methyl sites for hydroxylation is 1. The highest BCUT2D eigenvalue weighted by Crippen LogP contribution is 2.28. The molecule has 10 heteroatoms. The van der Waals surface area contributed by atoms with Gasteiger partial charge in [0, 0.05) is 23.5 Å². The molecule has 2 amide bonds. The summed E-state index contributed by atoms with van der Waals surface area (Å²) in [6.45, 7) is 9.19. The second-order valence-electron chi connectivity index (χ2n) is 12.3. The van der Waals surface area contributed by atoms with Crippen LogP contribution in [-0.2, 0) is 32.6 Å². The topological polar surface area (TPSA) is 96.0 Å². The van der Waals surface area contributed by atoms with Crippen molar-refractivity contribution in [2.75, 3.05) is 17.5 Å². The van der Waals surface area contributed by atoms with Gasteiger partial charge in [-0.3, -0.25) is 13.9 Å². The first-order valence-electron chi connectivity index (χ1n) is 15.5. The van der Waals surface area contributed by atoms with Gasteiger partial charge in [0.15, 0.2) is 0 Å². The zero-order chi connectivity index (χ0) is 34.2. The SMILES string of the molecule is CCOc1ccc(N(CC(=O)N(Cc2ccccc2Cl)[C@H](Cc2ccccc2)C(=O)NC(C)(C)C)S(=O)(=O)c2ccc(C)cc2)cc1. The van der Waals surface area contributed by atoms with Crippen LogP contribution in [0.25, 0.3) is 0 Å². The van der Waals surface area contributed by atoms with E-state index in [1.807, 2.05) is 65.0 Å². The summed E-state index contributed by atoms with van der Waals surface area (Å²) in [4.78, 5) is 30.1. The highest BCUT2D eigenvalue weighted by atomic mass is 35.5. The third-order valence-corrected chi connectivity index (χ3v) is 9.55. The monoisotopic (exact) mass is 675 g/mol. The van der Waals surface area contributed by atoms with E-state index in [9.17, 15) is 18.0 Å². The molecule has 0 aliphatic rings. The molecular weight excluding hydrogens is 634 g/mol. The molecule has 0 fully saturated rings. The van der Waals surface area contributed by atoms with Crippen molar-refractivity contribution in [3.63, 3.8) is 0 Å². The summed E-state index contributed by atoms with van der Waals surface area (Å²) in [6, 6.07) is 28.5. The summed E-state index contributed by atoms with van der Waals surface area (Å²) in [5, 5.41) is 3.45. The van der Waals surface area contributed by atoms with Crippen LogP contribution in [0.2, 0.25) is 5.02 Å². The van der Waals surface area contributed by atoms with Crippen molar-refractivity contribution in [2.45, 2.75) is 64.1 Å². The lowest BCUT2D eigenvalue weighted by Gasteiger charge is -2.35. The number of carbonyl (C=O) groups is 2. The Morgan fingerprint density at radius 1 is 0.872 bits per heavy atom. The highest BCUT2D eigenvalue weighted by Gasteiger charge is 2.36. The number of nitrogens with one attached hydrogen (secondary N) is 1. The average Bonchev–Trinajstić information content (AvgIpc) is 3.02. The molecule has 0 aliphatic carbocycles. The van der Waals surface area contributed by atoms with E-state index < -0.39 is 34.1 Å². The van der Waals surface area contributed by atoms with Gasteiger partial charge in [-0.05, 0) is 88.2 Å². The molecule has 0 aromatic heterocycles. The number of sulfonamides is 1. The first-order valence-corrected chi connectivity index (χ1v) is 17.3. The second-order valence-corrected chi connectivity index (χ2v) is 14.6. The Balaban J connectivity index is 1.82. The Morgan fingerprint density at radius 2 is 1.49 bits per heavy atom. The van der Waals surface area contributed by atoms with Gasteiger partial charge in [0.2, 0.25) is 11.8 Å². The molecule has 0 saturated heterocycles. The Kier molecular flexibility index (Phi) is 11.7. The van der Waals surface area contributed by atoms with Crippen molar-refractivity contribution >= 4 is 39.1 Å². The van der Waals surface area contributed by atoms with Crippen LogP contribution >= 0.6 is 11.6 Å². The van der Waals surface area contributed by atoms with Gasteiger partial charge in [-0.25, -0.2) is 8.42 Å². The third-order valence-electron chi connectivity index (χ3n) is 7.39. The second kappa shape index (κ2) is 15.5. The average molecular weight is 676 g/mol. The minimum atomic E-state index is -4.22. The first-order chi connectivity index (χ1) is 22.3. The van der Waals surface area contributed by atoms with E-state index >= 15 is 0 Å². The lowest BCUT2D eigenvalue weighted by atomic mass is 10.0. The Morgan fingerprint density at radius 3 is 2.09 bits per heavy atom. The van der Waals surface area contributed by atoms with Crippen molar-refractivity contribution in [1.82, 2.24) is 10.2 Å². The predicted octanol–water partition coefficient (Wildman–Crippen LogP) is 6.80. The fraction of sp³-hybridized carbons (Fsp3) is 0.297. The zero-order valence-corrected chi connectivity index (χ0v) is 29.0. The van der Waals surface area contributed by atoms with Gasteiger partial charge in [0.25, 0.3) is 10.0 Å². The minimum absolute atomic E-state index is 0.0186. The summed E-state index contributed by atoms with van der Waals surface area (Å²) in [5.41, 5.74) is 2.05. The third kappa shape index (κ3) is 9.59. The maximum absolute atomic E-state index is 14.6.